The monoisotopic (exact) mass is 417 g/mol. The van der Waals surface area contributed by atoms with Crippen molar-refractivity contribution < 1.29 is 26.7 Å². The first-order chi connectivity index (χ1) is 13.3. The van der Waals surface area contributed by atoms with Crippen LogP contribution in [0.15, 0.2) is 24.3 Å². The van der Waals surface area contributed by atoms with Crippen molar-refractivity contribution in [1.82, 2.24) is 4.72 Å². The third kappa shape index (κ3) is 5.87. The predicted octanol–water partition coefficient (Wildman–Crippen LogP) is 3.70. The maximum atomic E-state index is 13.9. The van der Waals surface area contributed by atoms with Gasteiger partial charge in [-0.1, -0.05) is 12.1 Å². The number of nitrogens with one attached hydrogen (secondary N) is 1. The van der Waals surface area contributed by atoms with Gasteiger partial charge < -0.3 is 9.47 Å². The van der Waals surface area contributed by atoms with E-state index >= 15 is 0 Å². The molecule has 2 fully saturated rings. The molecule has 1 heterocycles. The molecule has 1 saturated heterocycles. The van der Waals surface area contributed by atoms with Crippen molar-refractivity contribution in [2.75, 3.05) is 25.6 Å². The van der Waals surface area contributed by atoms with Crippen LogP contribution >= 0.6 is 0 Å². The van der Waals surface area contributed by atoms with Gasteiger partial charge in [0.1, 0.15) is 5.75 Å². The Morgan fingerprint density at radius 3 is 2.50 bits per heavy atom. The van der Waals surface area contributed by atoms with Crippen LogP contribution in [0.5, 0.6) is 5.75 Å². The summed E-state index contributed by atoms with van der Waals surface area (Å²) >= 11 is 0. The minimum absolute atomic E-state index is 0.0586. The van der Waals surface area contributed by atoms with Gasteiger partial charge in [0.25, 0.3) is 0 Å². The molecule has 1 saturated carbocycles. The van der Waals surface area contributed by atoms with Gasteiger partial charge in [-0.3, -0.25) is 0 Å². The van der Waals surface area contributed by atoms with Crippen LogP contribution in [0.25, 0.3) is 0 Å². The molecule has 0 spiro atoms. The molecule has 5 nitrogen and oxygen atoms in total. The molecule has 1 aliphatic heterocycles. The van der Waals surface area contributed by atoms with E-state index in [1.54, 1.807) is 0 Å². The third-order valence-electron chi connectivity index (χ3n) is 5.70. The number of alkyl halides is 2. The summed E-state index contributed by atoms with van der Waals surface area (Å²) in [6, 6.07) is 7.22. The molecule has 8 heteroatoms. The molecule has 0 radical (unpaired) electrons. The highest BCUT2D eigenvalue weighted by Gasteiger charge is 2.42. The Kier molecular flexibility index (Phi) is 6.94. The molecule has 3 rings (SSSR count). The lowest BCUT2D eigenvalue weighted by atomic mass is 9.83. The summed E-state index contributed by atoms with van der Waals surface area (Å²) < 4.78 is 65.3. The predicted molar refractivity (Wildman–Crippen MR) is 103 cm³/mol. The maximum absolute atomic E-state index is 13.9. The van der Waals surface area contributed by atoms with Crippen LogP contribution in [-0.4, -0.2) is 46.0 Å². The van der Waals surface area contributed by atoms with E-state index in [2.05, 4.69) is 4.72 Å². The molecular weight excluding hydrogens is 388 g/mol. The van der Waals surface area contributed by atoms with Gasteiger partial charge >= 0.3 is 0 Å². The van der Waals surface area contributed by atoms with Crippen LogP contribution in [0, 0.1) is 5.92 Å². The highest BCUT2D eigenvalue weighted by molar-refractivity contribution is 7.89. The molecule has 0 bridgehead atoms. The molecule has 1 N–H and O–H groups in total. The molecule has 1 aliphatic carbocycles. The van der Waals surface area contributed by atoms with Gasteiger partial charge in [-0.05, 0) is 49.8 Å². The molecular formula is C20H29F2NO4S. The molecule has 28 heavy (non-hydrogen) atoms. The van der Waals surface area contributed by atoms with Crippen molar-refractivity contribution in [2.45, 2.75) is 56.9 Å². The molecule has 1 aromatic rings. The average Bonchev–Trinajstić information content (AvgIpc) is 2.69. The molecule has 158 valence electrons. The number of benzene rings is 1. The molecule has 2 atom stereocenters. The summed E-state index contributed by atoms with van der Waals surface area (Å²) in [6.45, 7) is 3.14. The second-order valence-corrected chi connectivity index (χ2v) is 9.80. The quantitative estimate of drug-likeness (QED) is 0.735. The summed E-state index contributed by atoms with van der Waals surface area (Å²) in [5.74, 6) is -2.33. The first kappa shape index (κ1) is 21.5. The normalized spacial score (nSPS) is 26.1. The first-order valence-corrected chi connectivity index (χ1v) is 11.6. The van der Waals surface area contributed by atoms with Crippen LogP contribution in [-0.2, 0) is 14.8 Å². The highest BCUT2D eigenvalue weighted by Crippen LogP contribution is 2.37. The maximum Gasteiger partial charge on any atom is 0.248 e. The summed E-state index contributed by atoms with van der Waals surface area (Å²) in [5, 5.41) is 0. The smallest absolute Gasteiger partial charge is 0.248 e. The zero-order valence-electron chi connectivity index (χ0n) is 16.2. The fourth-order valence-electron chi connectivity index (χ4n) is 3.94. The summed E-state index contributed by atoms with van der Waals surface area (Å²) in [7, 11) is -3.45. The summed E-state index contributed by atoms with van der Waals surface area (Å²) in [4.78, 5) is 0. The van der Waals surface area contributed by atoms with E-state index in [1.165, 1.54) is 12.5 Å². The second kappa shape index (κ2) is 9.05. The lowest BCUT2D eigenvalue weighted by Crippen LogP contribution is -2.48. The van der Waals surface area contributed by atoms with Crippen molar-refractivity contribution >= 4 is 10.0 Å². The second-order valence-electron chi connectivity index (χ2n) is 7.75. The van der Waals surface area contributed by atoms with Gasteiger partial charge in [0.05, 0.1) is 12.4 Å². The molecule has 2 aliphatic rings. The molecule has 0 amide bonds. The van der Waals surface area contributed by atoms with Crippen LogP contribution < -0.4 is 9.46 Å². The minimum atomic E-state index is -3.45. The Balaban J connectivity index is 1.61. The third-order valence-corrected chi connectivity index (χ3v) is 7.12. The van der Waals surface area contributed by atoms with Crippen molar-refractivity contribution in [1.29, 1.82) is 0 Å². The van der Waals surface area contributed by atoms with Crippen LogP contribution in [0.2, 0.25) is 0 Å². The standard InChI is InChI=1S/C20H29F2NO4S/c1-2-28(24,25)23-19-7-10-20(21,22)13-17(19)14-27-18-5-3-15(4-6-18)16-8-11-26-12-9-16/h3-6,16-17,19,23H,2,7-14H2,1H3/t17-,19-/m0/s1. The van der Waals surface area contributed by atoms with E-state index in [9.17, 15) is 17.2 Å². The van der Waals surface area contributed by atoms with Crippen molar-refractivity contribution in [3.63, 3.8) is 0 Å². The van der Waals surface area contributed by atoms with Gasteiger partial charge in [0.15, 0.2) is 0 Å². The lowest BCUT2D eigenvalue weighted by Gasteiger charge is -2.36. The van der Waals surface area contributed by atoms with Gasteiger partial charge in [-0.25, -0.2) is 21.9 Å². The number of sulfonamides is 1. The Morgan fingerprint density at radius 1 is 1.18 bits per heavy atom. The SMILES string of the molecule is CCS(=O)(=O)N[C@H]1CCC(F)(F)C[C@H]1COc1ccc(C2CCOCC2)cc1. The van der Waals surface area contributed by atoms with Gasteiger partial charge in [0, 0.05) is 38.0 Å². The summed E-state index contributed by atoms with van der Waals surface area (Å²) in [6.07, 6.45) is 1.43. The van der Waals surface area contributed by atoms with Crippen LogP contribution in [0.1, 0.15) is 50.5 Å². The minimum Gasteiger partial charge on any atom is -0.493 e. The number of hydrogen-bond donors (Lipinski definition) is 1. The van der Waals surface area contributed by atoms with E-state index in [-0.39, 0.29) is 31.6 Å². The number of hydrogen-bond acceptors (Lipinski definition) is 4. The molecule has 0 unspecified atom stereocenters. The largest absolute Gasteiger partial charge is 0.493 e. The van der Waals surface area contributed by atoms with Gasteiger partial charge in [-0.15, -0.1) is 0 Å². The summed E-state index contributed by atoms with van der Waals surface area (Å²) in [5.41, 5.74) is 1.23. The average molecular weight is 418 g/mol. The Labute approximate surface area is 165 Å². The molecule has 0 aromatic heterocycles. The topological polar surface area (TPSA) is 64.6 Å². The van der Waals surface area contributed by atoms with Crippen LogP contribution in [0.4, 0.5) is 8.78 Å². The van der Waals surface area contributed by atoms with Crippen molar-refractivity contribution in [3.05, 3.63) is 29.8 Å². The highest BCUT2D eigenvalue weighted by atomic mass is 32.2. The fourth-order valence-corrected chi connectivity index (χ4v) is 4.88. The van der Waals surface area contributed by atoms with Crippen molar-refractivity contribution in [3.8, 4) is 5.75 Å². The fraction of sp³-hybridized carbons (Fsp3) is 0.700. The first-order valence-electron chi connectivity index (χ1n) is 9.96. The van der Waals surface area contributed by atoms with Crippen LogP contribution in [0.3, 0.4) is 0 Å². The van der Waals surface area contributed by atoms with E-state index in [0.717, 1.165) is 26.1 Å². The Bertz CT molecular complexity index is 733. The number of rotatable bonds is 7. The van der Waals surface area contributed by atoms with Crippen molar-refractivity contribution in [2.24, 2.45) is 5.92 Å². The van der Waals surface area contributed by atoms with Gasteiger partial charge in [0.2, 0.25) is 15.9 Å². The van der Waals surface area contributed by atoms with E-state index in [0.29, 0.717) is 11.7 Å². The lowest BCUT2D eigenvalue weighted by molar-refractivity contribution is -0.0660. The molecule has 1 aromatic carbocycles. The number of ether oxygens (including phenoxy) is 2. The van der Waals surface area contributed by atoms with E-state index < -0.39 is 27.9 Å². The Hall–Kier alpha value is -1.25. The van der Waals surface area contributed by atoms with E-state index in [4.69, 9.17) is 9.47 Å². The van der Waals surface area contributed by atoms with Gasteiger partial charge in [-0.2, -0.15) is 0 Å². The van der Waals surface area contributed by atoms with E-state index in [1.807, 2.05) is 24.3 Å². The Morgan fingerprint density at radius 2 is 1.86 bits per heavy atom. The zero-order valence-corrected chi connectivity index (χ0v) is 17.0. The zero-order chi connectivity index (χ0) is 20.2. The number of halogens is 2.